The van der Waals surface area contributed by atoms with Gasteiger partial charge < -0.3 is 19.7 Å². The van der Waals surface area contributed by atoms with Gasteiger partial charge in [-0.1, -0.05) is 0 Å². The van der Waals surface area contributed by atoms with E-state index in [4.69, 9.17) is 9.47 Å². The number of piperidine rings is 1. The zero-order valence-electron chi connectivity index (χ0n) is 15.4. The Balaban J connectivity index is 2.13. The molecule has 140 valence electrons. The van der Waals surface area contributed by atoms with Crippen molar-refractivity contribution in [1.29, 1.82) is 0 Å². The normalized spacial score (nSPS) is 23.2. The van der Waals surface area contributed by atoms with Crippen LogP contribution in [0.3, 0.4) is 0 Å². The van der Waals surface area contributed by atoms with Gasteiger partial charge in [0.05, 0.1) is 17.2 Å². The van der Waals surface area contributed by atoms with Crippen LogP contribution in [-0.2, 0) is 19.1 Å². The SMILES string of the molecule is CCOC(=O)C1=C(NC(C)=O)SC2CN(C(=O)OC(C)(C)C)CCC12. The minimum Gasteiger partial charge on any atom is -0.463 e. The predicted molar refractivity (Wildman–Crippen MR) is 94.8 cm³/mol. The van der Waals surface area contributed by atoms with Gasteiger partial charge in [-0.3, -0.25) is 4.79 Å². The second-order valence-corrected chi connectivity index (χ2v) is 8.37. The van der Waals surface area contributed by atoms with Crippen molar-refractivity contribution in [2.45, 2.75) is 51.9 Å². The lowest BCUT2D eigenvalue weighted by Crippen LogP contribution is -2.47. The van der Waals surface area contributed by atoms with Gasteiger partial charge in [-0.25, -0.2) is 9.59 Å². The molecule has 2 atom stereocenters. The Morgan fingerprint density at radius 3 is 2.56 bits per heavy atom. The van der Waals surface area contributed by atoms with Crippen LogP contribution in [0, 0.1) is 5.92 Å². The summed E-state index contributed by atoms with van der Waals surface area (Å²) in [6.07, 6.45) is 0.283. The Labute approximate surface area is 152 Å². The molecule has 2 rings (SSSR count). The van der Waals surface area contributed by atoms with E-state index < -0.39 is 11.6 Å². The minimum atomic E-state index is -0.549. The van der Waals surface area contributed by atoms with Crippen LogP contribution in [0.5, 0.6) is 0 Å². The van der Waals surface area contributed by atoms with E-state index in [2.05, 4.69) is 5.32 Å². The summed E-state index contributed by atoms with van der Waals surface area (Å²) >= 11 is 1.42. The Kier molecular flexibility index (Phi) is 6.03. The number of nitrogens with one attached hydrogen (secondary N) is 1. The van der Waals surface area contributed by atoms with Crippen LogP contribution in [0.25, 0.3) is 0 Å². The van der Waals surface area contributed by atoms with Crippen LogP contribution >= 0.6 is 11.8 Å². The van der Waals surface area contributed by atoms with Gasteiger partial charge in [0.2, 0.25) is 5.91 Å². The molecule has 2 amide bonds. The minimum absolute atomic E-state index is 0.00234. The number of rotatable bonds is 3. The lowest BCUT2D eigenvalue weighted by atomic mass is 9.89. The molecule has 2 heterocycles. The molecule has 0 aromatic carbocycles. The van der Waals surface area contributed by atoms with Crippen molar-refractivity contribution in [3.05, 3.63) is 10.6 Å². The standard InChI is InChI=1S/C17H26N2O5S/c1-6-23-15(21)13-11-7-8-19(16(22)24-17(3,4)5)9-12(11)25-14(13)18-10(2)20/h11-12H,6-9H2,1-5H3,(H,18,20). The summed E-state index contributed by atoms with van der Waals surface area (Å²) in [6, 6.07) is 0. The summed E-state index contributed by atoms with van der Waals surface area (Å²) in [5.74, 6) is -0.659. The second-order valence-electron chi connectivity index (χ2n) is 7.12. The van der Waals surface area contributed by atoms with Gasteiger partial charge in [-0.05, 0) is 34.1 Å². The van der Waals surface area contributed by atoms with Gasteiger partial charge in [0.15, 0.2) is 0 Å². The van der Waals surface area contributed by atoms with Crippen molar-refractivity contribution in [3.63, 3.8) is 0 Å². The monoisotopic (exact) mass is 370 g/mol. The van der Waals surface area contributed by atoms with Crippen LogP contribution in [0.2, 0.25) is 0 Å². The van der Waals surface area contributed by atoms with Crippen LogP contribution in [-0.4, -0.2) is 53.4 Å². The third-order valence-corrected chi connectivity index (χ3v) is 5.22. The number of ether oxygens (including phenoxy) is 2. The number of amides is 2. The van der Waals surface area contributed by atoms with Crippen molar-refractivity contribution in [2.75, 3.05) is 19.7 Å². The van der Waals surface area contributed by atoms with Crippen molar-refractivity contribution in [2.24, 2.45) is 5.92 Å². The zero-order valence-corrected chi connectivity index (χ0v) is 16.2. The fourth-order valence-corrected chi connectivity index (χ4v) is 4.51. The van der Waals surface area contributed by atoms with E-state index >= 15 is 0 Å². The van der Waals surface area contributed by atoms with Crippen LogP contribution < -0.4 is 5.32 Å². The van der Waals surface area contributed by atoms with Crippen LogP contribution in [0.15, 0.2) is 10.6 Å². The molecular weight excluding hydrogens is 344 g/mol. The molecule has 2 aliphatic heterocycles. The van der Waals surface area contributed by atoms with E-state index in [1.807, 2.05) is 20.8 Å². The molecule has 1 fully saturated rings. The highest BCUT2D eigenvalue weighted by Gasteiger charge is 2.44. The molecule has 0 saturated carbocycles. The molecule has 0 aromatic heterocycles. The number of esters is 1. The molecule has 0 radical (unpaired) electrons. The molecule has 0 bridgehead atoms. The maximum Gasteiger partial charge on any atom is 0.410 e. The molecule has 0 aromatic rings. The molecule has 1 saturated heterocycles. The third-order valence-electron chi connectivity index (χ3n) is 3.88. The summed E-state index contributed by atoms with van der Waals surface area (Å²) in [6.45, 7) is 9.91. The van der Waals surface area contributed by atoms with E-state index in [0.29, 0.717) is 30.1 Å². The van der Waals surface area contributed by atoms with Crippen molar-refractivity contribution < 1.29 is 23.9 Å². The zero-order chi connectivity index (χ0) is 18.8. The van der Waals surface area contributed by atoms with E-state index in [-0.39, 0.29) is 29.8 Å². The number of hydrogen-bond donors (Lipinski definition) is 1. The first-order chi connectivity index (χ1) is 11.6. The molecule has 25 heavy (non-hydrogen) atoms. The lowest BCUT2D eigenvalue weighted by Gasteiger charge is -2.36. The quantitative estimate of drug-likeness (QED) is 0.767. The summed E-state index contributed by atoms with van der Waals surface area (Å²) in [4.78, 5) is 37.8. The van der Waals surface area contributed by atoms with Crippen molar-refractivity contribution in [1.82, 2.24) is 10.2 Å². The molecule has 7 nitrogen and oxygen atoms in total. The fraction of sp³-hybridized carbons (Fsp3) is 0.706. The largest absolute Gasteiger partial charge is 0.463 e. The number of thioether (sulfide) groups is 1. The number of likely N-dealkylation sites (tertiary alicyclic amines) is 1. The van der Waals surface area contributed by atoms with E-state index in [1.165, 1.54) is 18.7 Å². The highest BCUT2D eigenvalue weighted by atomic mass is 32.2. The van der Waals surface area contributed by atoms with Gasteiger partial charge in [0.25, 0.3) is 0 Å². The first-order valence-corrected chi connectivity index (χ1v) is 9.33. The molecule has 8 heteroatoms. The molecule has 0 aliphatic carbocycles. The van der Waals surface area contributed by atoms with Crippen molar-refractivity contribution in [3.8, 4) is 0 Å². The van der Waals surface area contributed by atoms with Gasteiger partial charge in [0.1, 0.15) is 5.60 Å². The third kappa shape index (κ3) is 4.90. The molecule has 0 spiro atoms. The summed E-state index contributed by atoms with van der Waals surface area (Å²) in [5, 5.41) is 3.29. The Morgan fingerprint density at radius 1 is 1.32 bits per heavy atom. The van der Waals surface area contributed by atoms with Gasteiger partial charge >= 0.3 is 12.1 Å². The topological polar surface area (TPSA) is 84.9 Å². The van der Waals surface area contributed by atoms with Gasteiger partial charge in [-0.2, -0.15) is 0 Å². The van der Waals surface area contributed by atoms with Gasteiger partial charge in [0, 0.05) is 31.2 Å². The average molecular weight is 370 g/mol. The number of carbonyl (C=O) groups is 3. The predicted octanol–water partition coefficient (Wildman–Crippen LogP) is 2.27. The maximum absolute atomic E-state index is 12.3. The highest BCUT2D eigenvalue weighted by molar-refractivity contribution is 8.04. The smallest absolute Gasteiger partial charge is 0.410 e. The van der Waals surface area contributed by atoms with E-state index in [9.17, 15) is 14.4 Å². The fourth-order valence-electron chi connectivity index (χ4n) is 2.95. The number of fused-ring (bicyclic) bond motifs is 1. The lowest BCUT2D eigenvalue weighted by molar-refractivity contribution is -0.139. The highest BCUT2D eigenvalue weighted by Crippen LogP contribution is 2.45. The summed E-state index contributed by atoms with van der Waals surface area (Å²) < 4.78 is 10.6. The molecular formula is C17H26N2O5S. The number of hydrogen-bond acceptors (Lipinski definition) is 6. The number of nitrogens with zero attached hydrogens (tertiary/aromatic N) is 1. The van der Waals surface area contributed by atoms with E-state index in [0.717, 1.165) is 0 Å². The Morgan fingerprint density at radius 2 is 2.00 bits per heavy atom. The maximum atomic E-state index is 12.3. The average Bonchev–Trinajstić information content (AvgIpc) is 2.81. The molecule has 1 N–H and O–H groups in total. The van der Waals surface area contributed by atoms with Crippen LogP contribution in [0.1, 0.15) is 41.0 Å². The Bertz CT molecular complexity index is 596. The Hall–Kier alpha value is -1.70. The second kappa shape index (κ2) is 7.68. The van der Waals surface area contributed by atoms with Crippen LogP contribution in [0.4, 0.5) is 4.79 Å². The summed E-state index contributed by atoms with van der Waals surface area (Å²) in [7, 11) is 0. The summed E-state index contributed by atoms with van der Waals surface area (Å²) in [5.41, 5.74) is -0.0252. The molecule has 2 unspecified atom stereocenters. The van der Waals surface area contributed by atoms with Gasteiger partial charge in [-0.15, -0.1) is 11.8 Å². The van der Waals surface area contributed by atoms with Crippen molar-refractivity contribution >= 4 is 29.7 Å². The molecule has 2 aliphatic rings. The number of carbonyl (C=O) groups excluding carboxylic acids is 3. The first kappa shape index (κ1) is 19.6. The first-order valence-electron chi connectivity index (χ1n) is 8.45. The van der Waals surface area contributed by atoms with E-state index in [1.54, 1.807) is 11.8 Å².